The Bertz CT molecular complexity index is 604. The third-order valence-electron chi connectivity index (χ3n) is 4.23. The van der Waals surface area contributed by atoms with Gasteiger partial charge in [0.05, 0.1) is 0 Å². The van der Waals surface area contributed by atoms with Gasteiger partial charge in [-0.3, -0.25) is 0 Å². The minimum atomic E-state index is 0.199. The molecule has 0 bridgehead atoms. The van der Waals surface area contributed by atoms with E-state index in [0.717, 1.165) is 19.5 Å². The first-order valence-corrected chi connectivity index (χ1v) is 7.89. The number of nitrogens with two attached hydrogens (primary N) is 1. The van der Waals surface area contributed by atoms with Crippen LogP contribution in [-0.4, -0.2) is 12.6 Å². The van der Waals surface area contributed by atoms with Crippen LogP contribution in [0.5, 0.6) is 0 Å². The highest BCUT2D eigenvalue weighted by atomic mass is 15.1. The summed E-state index contributed by atoms with van der Waals surface area (Å²) in [5.74, 6) is 0. The normalized spacial score (nSPS) is 16.2. The van der Waals surface area contributed by atoms with Gasteiger partial charge in [0.2, 0.25) is 0 Å². The van der Waals surface area contributed by atoms with Gasteiger partial charge in [-0.2, -0.15) is 0 Å². The molecular formula is C19H24N2. The van der Waals surface area contributed by atoms with Crippen LogP contribution >= 0.6 is 0 Å². The fraction of sp³-hybridized carbons (Fsp3) is 0.368. The van der Waals surface area contributed by atoms with Crippen LogP contribution in [0.3, 0.4) is 0 Å². The zero-order chi connectivity index (χ0) is 14.7. The lowest BCUT2D eigenvalue weighted by atomic mass is 10.0. The molecular weight excluding hydrogens is 256 g/mol. The predicted molar refractivity (Wildman–Crippen MR) is 89.6 cm³/mol. The van der Waals surface area contributed by atoms with Crippen molar-refractivity contribution in [1.29, 1.82) is 0 Å². The number of anilines is 1. The topological polar surface area (TPSA) is 29.3 Å². The second-order valence-electron chi connectivity index (χ2n) is 6.10. The maximum Gasteiger partial charge on any atom is 0.0432 e. The number of hydrogen-bond acceptors (Lipinski definition) is 2. The highest BCUT2D eigenvalue weighted by Gasteiger charge is 2.16. The molecule has 2 aromatic carbocycles. The number of fused-ring (bicyclic) bond motifs is 1. The highest BCUT2D eigenvalue weighted by Crippen LogP contribution is 2.27. The molecule has 1 aliphatic heterocycles. The van der Waals surface area contributed by atoms with Crippen molar-refractivity contribution in [2.45, 2.75) is 38.8 Å². The van der Waals surface area contributed by atoms with Gasteiger partial charge in [0.15, 0.2) is 0 Å². The summed E-state index contributed by atoms with van der Waals surface area (Å²) < 4.78 is 0. The molecule has 1 atom stereocenters. The Hall–Kier alpha value is -1.80. The molecule has 3 rings (SSSR count). The average Bonchev–Trinajstić information content (AvgIpc) is 2.69. The molecule has 0 aromatic heterocycles. The Morgan fingerprint density at radius 2 is 1.76 bits per heavy atom. The lowest BCUT2D eigenvalue weighted by Crippen LogP contribution is -2.25. The summed E-state index contributed by atoms with van der Waals surface area (Å²) in [6.07, 6.45) is 3.33. The molecule has 2 aromatic rings. The van der Waals surface area contributed by atoms with E-state index in [-0.39, 0.29) is 6.04 Å². The number of nitrogens with zero attached hydrogens (tertiary/aromatic N) is 1. The van der Waals surface area contributed by atoms with Gasteiger partial charge < -0.3 is 10.6 Å². The Kier molecular flexibility index (Phi) is 4.26. The van der Waals surface area contributed by atoms with Crippen molar-refractivity contribution in [3.8, 4) is 0 Å². The molecule has 110 valence electrons. The van der Waals surface area contributed by atoms with E-state index in [4.69, 9.17) is 5.73 Å². The zero-order valence-electron chi connectivity index (χ0n) is 12.8. The molecule has 0 saturated carbocycles. The molecule has 1 aliphatic rings. The molecule has 1 heterocycles. The van der Waals surface area contributed by atoms with Gasteiger partial charge in [0, 0.05) is 24.8 Å². The van der Waals surface area contributed by atoms with Gasteiger partial charge in [-0.25, -0.2) is 0 Å². The van der Waals surface area contributed by atoms with Crippen molar-refractivity contribution in [2.24, 2.45) is 5.73 Å². The molecule has 21 heavy (non-hydrogen) atoms. The average molecular weight is 280 g/mol. The standard InChI is InChI=1S/C19H24N2/c1-15(20)13-17-8-4-5-11-19(17)21-12-6-10-16-7-2-3-9-18(16)14-21/h2-5,7-9,11,15H,6,10,12-14,20H2,1H3. The van der Waals surface area contributed by atoms with Gasteiger partial charge >= 0.3 is 0 Å². The molecule has 0 aliphatic carbocycles. The van der Waals surface area contributed by atoms with Crippen LogP contribution in [0.2, 0.25) is 0 Å². The second-order valence-corrected chi connectivity index (χ2v) is 6.10. The Morgan fingerprint density at radius 1 is 1.05 bits per heavy atom. The van der Waals surface area contributed by atoms with E-state index in [1.165, 1.54) is 35.2 Å². The van der Waals surface area contributed by atoms with Gasteiger partial charge in [-0.15, -0.1) is 0 Å². The molecule has 1 unspecified atom stereocenters. The quantitative estimate of drug-likeness (QED) is 0.932. The van der Waals surface area contributed by atoms with Crippen molar-refractivity contribution in [3.63, 3.8) is 0 Å². The van der Waals surface area contributed by atoms with Gasteiger partial charge in [0.25, 0.3) is 0 Å². The zero-order valence-corrected chi connectivity index (χ0v) is 12.8. The van der Waals surface area contributed by atoms with E-state index in [9.17, 15) is 0 Å². The fourth-order valence-corrected chi connectivity index (χ4v) is 3.25. The first kappa shape index (κ1) is 14.2. The minimum absolute atomic E-state index is 0.199. The van der Waals surface area contributed by atoms with Crippen molar-refractivity contribution >= 4 is 5.69 Å². The summed E-state index contributed by atoms with van der Waals surface area (Å²) >= 11 is 0. The van der Waals surface area contributed by atoms with Crippen molar-refractivity contribution in [2.75, 3.05) is 11.4 Å². The van der Waals surface area contributed by atoms with Gasteiger partial charge in [-0.05, 0) is 48.9 Å². The van der Waals surface area contributed by atoms with E-state index in [1.54, 1.807) is 0 Å². The summed E-state index contributed by atoms with van der Waals surface area (Å²) in [7, 11) is 0. The molecule has 0 amide bonds. The summed E-state index contributed by atoms with van der Waals surface area (Å²) in [4.78, 5) is 2.52. The van der Waals surface area contributed by atoms with Crippen LogP contribution in [0.4, 0.5) is 5.69 Å². The van der Waals surface area contributed by atoms with Crippen LogP contribution in [-0.2, 0) is 19.4 Å². The SMILES string of the molecule is CC(N)Cc1ccccc1N1CCCc2ccccc2C1. The van der Waals surface area contributed by atoms with E-state index in [0.29, 0.717) is 0 Å². The Labute approximate surface area is 127 Å². The maximum absolute atomic E-state index is 6.01. The molecule has 0 saturated heterocycles. The van der Waals surface area contributed by atoms with Gasteiger partial charge in [0.1, 0.15) is 0 Å². The largest absolute Gasteiger partial charge is 0.367 e. The molecule has 2 heteroatoms. The third kappa shape index (κ3) is 3.27. The fourth-order valence-electron chi connectivity index (χ4n) is 3.25. The third-order valence-corrected chi connectivity index (χ3v) is 4.23. The Balaban J connectivity index is 1.91. The smallest absolute Gasteiger partial charge is 0.0432 e. The summed E-state index contributed by atoms with van der Waals surface area (Å²) in [6.45, 7) is 4.20. The van der Waals surface area contributed by atoms with Crippen LogP contribution in [0.15, 0.2) is 48.5 Å². The molecule has 2 N–H and O–H groups in total. The molecule has 0 radical (unpaired) electrons. The minimum Gasteiger partial charge on any atom is -0.367 e. The van der Waals surface area contributed by atoms with Crippen LogP contribution < -0.4 is 10.6 Å². The maximum atomic E-state index is 6.01. The van der Waals surface area contributed by atoms with Crippen LogP contribution in [0.1, 0.15) is 30.0 Å². The van der Waals surface area contributed by atoms with Crippen molar-refractivity contribution in [1.82, 2.24) is 0 Å². The predicted octanol–water partition coefficient (Wildman–Crippen LogP) is 3.53. The molecule has 0 spiro atoms. The number of hydrogen-bond donors (Lipinski definition) is 1. The molecule has 2 nitrogen and oxygen atoms in total. The number of benzene rings is 2. The van der Waals surface area contributed by atoms with E-state index >= 15 is 0 Å². The van der Waals surface area contributed by atoms with Crippen molar-refractivity contribution in [3.05, 3.63) is 65.2 Å². The lowest BCUT2D eigenvalue weighted by molar-refractivity contribution is 0.721. The van der Waals surface area contributed by atoms with Crippen LogP contribution in [0.25, 0.3) is 0 Å². The number of rotatable bonds is 3. The number of aryl methyl sites for hydroxylation is 1. The van der Waals surface area contributed by atoms with E-state index < -0.39 is 0 Å². The first-order valence-electron chi connectivity index (χ1n) is 7.89. The number of para-hydroxylation sites is 1. The summed E-state index contributed by atoms with van der Waals surface area (Å²) in [5.41, 5.74) is 11.7. The lowest BCUT2D eigenvalue weighted by Gasteiger charge is -2.26. The summed E-state index contributed by atoms with van der Waals surface area (Å²) in [5, 5.41) is 0. The Morgan fingerprint density at radius 3 is 2.57 bits per heavy atom. The van der Waals surface area contributed by atoms with E-state index in [2.05, 4.69) is 60.4 Å². The molecule has 0 fully saturated rings. The summed E-state index contributed by atoms with van der Waals surface area (Å²) in [6, 6.07) is 17.7. The van der Waals surface area contributed by atoms with Gasteiger partial charge in [-0.1, -0.05) is 42.5 Å². The second kappa shape index (κ2) is 6.31. The van der Waals surface area contributed by atoms with E-state index in [1.807, 2.05) is 0 Å². The van der Waals surface area contributed by atoms with Crippen molar-refractivity contribution < 1.29 is 0 Å². The highest BCUT2D eigenvalue weighted by molar-refractivity contribution is 5.55. The first-order chi connectivity index (χ1) is 10.2. The van der Waals surface area contributed by atoms with Crippen LogP contribution in [0, 0.1) is 0 Å². The monoisotopic (exact) mass is 280 g/mol.